The van der Waals surface area contributed by atoms with Crippen LogP contribution in [0.2, 0.25) is 0 Å². The number of hydrogen-bond acceptors (Lipinski definition) is 2. The molecule has 2 N–H and O–H groups in total. The van der Waals surface area contributed by atoms with E-state index in [9.17, 15) is 31.1 Å². The summed E-state index contributed by atoms with van der Waals surface area (Å²) in [5, 5.41) is -1.85. The molecule has 0 aliphatic heterocycles. The van der Waals surface area contributed by atoms with Crippen LogP contribution in [0.1, 0.15) is 21.5 Å². The lowest BCUT2D eigenvalue weighted by Gasteiger charge is -2.17. The molecule has 0 saturated carbocycles. The average Bonchev–Trinajstić information content (AvgIpc) is 2.12. The normalized spacial score (nSPS) is 12.6. The van der Waals surface area contributed by atoms with E-state index in [2.05, 4.69) is 0 Å². The number of carbonyl (C=O) groups is 1. The summed E-state index contributed by atoms with van der Waals surface area (Å²) >= 11 is 4.80. The number of anilines is 1. The summed E-state index contributed by atoms with van der Waals surface area (Å²) in [6, 6.07) is 0.454. The minimum atomic E-state index is -5.17. The second kappa shape index (κ2) is 4.34. The monoisotopic (exact) mass is 291 g/mol. The van der Waals surface area contributed by atoms with Gasteiger partial charge in [0.25, 0.3) is 5.24 Å². The third-order valence-corrected chi connectivity index (χ3v) is 2.16. The molecule has 0 aromatic heterocycles. The fraction of sp³-hybridized carbons (Fsp3) is 0.222. The first-order chi connectivity index (χ1) is 7.94. The molecule has 1 aromatic carbocycles. The molecule has 1 rings (SSSR count). The third kappa shape index (κ3) is 2.87. The van der Waals surface area contributed by atoms with E-state index < -0.39 is 40.0 Å². The molecule has 9 heteroatoms. The molecule has 0 radical (unpaired) electrons. The van der Waals surface area contributed by atoms with E-state index in [0.29, 0.717) is 0 Å². The molecule has 2 nitrogen and oxygen atoms in total. The standard InChI is InChI=1S/C9H4ClF6NO/c10-7(18)6-4(8(11,12)13)1-3(17)2-5(6)9(14,15)16/h1-2H,17H2. The number of nitrogens with two attached hydrogens (primary N) is 1. The summed E-state index contributed by atoms with van der Waals surface area (Å²) in [4.78, 5) is 10.8. The average molecular weight is 292 g/mol. The zero-order chi connectivity index (χ0) is 14.3. The largest absolute Gasteiger partial charge is 0.417 e. The Labute approximate surface area is 101 Å². The van der Waals surface area contributed by atoms with Gasteiger partial charge < -0.3 is 5.73 Å². The maximum Gasteiger partial charge on any atom is 0.417 e. The van der Waals surface area contributed by atoms with E-state index in [-0.39, 0.29) is 12.1 Å². The predicted molar refractivity (Wildman–Crippen MR) is 51.0 cm³/mol. The van der Waals surface area contributed by atoms with Crippen molar-refractivity contribution in [1.29, 1.82) is 0 Å². The van der Waals surface area contributed by atoms with Gasteiger partial charge in [0.15, 0.2) is 0 Å². The van der Waals surface area contributed by atoms with Crippen LogP contribution in [-0.2, 0) is 12.4 Å². The van der Waals surface area contributed by atoms with Gasteiger partial charge >= 0.3 is 12.4 Å². The molecule has 1 aromatic rings. The molecule has 0 heterocycles. The summed E-state index contributed by atoms with van der Waals surface area (Å²) in [7, 11) is 0. The third-order valence-electron chi connectivity index (χ3n) is 1.97. The van der Waals surface area contributed by atoms with Gasteiger partial charge in [-0.15, -0.1) is 0 Å². The minimum absolute atomic E-state index is 0.227. The fourth-order valence-corrected chi connectivity index (χ4v) is 1.53. The number of nitrogen functional groups attached to an aromatic ring is 1. The Morgan fingerprint density at radius 2 is 1.33 bits per heavy atom. The van der Waals surface area contributed by atoms with Crippen molar-refractivity contribution in [3.63, 3.8) is 0 Å². The zero-order valence-corrected chi connectivity index (χ0v) is 9.04. The van der Waals surface area contributed by atoms with E-state index in [1.165, 1.54) is 0 Å². The van der Waals surface area contributed by atoms with E-state index in [1.807, 2.05) is 0 Å². The lowest BCUT2D eigenvalue weighted by Crippen LogP contribution is -2.19. The van der Waals surface area contributed by atoms with Crippen molar-refractivity contribution in [2.45, 2.75) is 12.4 Å². The van der Waals surface area contributed by atoms with Crippen molar-refractivity contribution in [1.82, 2.24) is 0 Å². The molecule has 0 aliphatic rings. The lowest BCUT2D eigenvalue weighted by molar-refractivity contribution is -0.143. The van der Waals surface area contributed by atoms with Gasteiger partial charge in [0.1, 0.15) is 0 Å². The summed E-state index contributed by atoms with van der Waals surface area (Å²) in [6.45, 7) is 0. The van der Waals surface area contributed by atoms with Gasteiger partial charge in [-0.2, -0.15) is 26.3 Å². The fourth-order valence-electron chi connectivity index (χ4n) is 1.32. The topological polar surface area (TPSA) is 43.1 Å². The molecule has 0 atom stereocenters. The Kier molecular flexibility index (Phi) is 3.53. The summed E-state index contributed by atoms with van der Waals surface area (Å²) in [6.07, 6.45) is -10.3. The molecule has 0 bridgehead atoms. The first-order valence-electron chi connectivity index (χ1n) is 4.22. The molecule has 0 aliphatic carbocycles. The van der Waals surface area contributed by atoms with Crippen molar-refractivity contribution >= 4 is 22.5 Å². The van der Waals surface area contributed by atoms with Gasteiger partial charge in [-0.25, -0.2) is 0 Å². The van der Waals surface area contributed by atoms with Crippen LogP contribution < -0.4 is 5.73 Å². The molecule has 0 saturated heterocycles. The number of benzene rings is 1. The Morgan fingerprint density at radius 3 is 1.56 bits per heavy atom. The maximum atomic E-state index is 12.5. The van der Waals surface area contributed by atoms with Crippen LogP contribution in [0, 0.1) is 0 Å². The van der Waals surface area contributed by atoms with Crippen molar-refractivity contribution < 1.29 is 31.1 Å². The molecule has 0 spiro atoms. The van der Waals surface area contributed by atoms with E-state index in [4.69, 9.17) is 17.3 Å². The Morgan fingerprint density at radius 1 is 1.00 bits per heavy atom. The zero-order valence-electron chi connectivity index (χ0n) is 8.29. The Balaban J connectivity index is 3.74. The van der Waals surface area contributed by atoms with Crippen molar-refractivity contribution in [2.24, 2.45) is 0 Å². The Hall–Kier alpha value is -1.44. The van der Waals surface area contributed by atoms with Crippen LogP contribution in [0.25, 0.3) is 0 Å². The summed E-state index contributed by atoms with van der Waals surface area (Å²) < 4.78 is 75.1. The Bertz CT molecular complexity index is 458. The lowest BCUT2D eigenvalue weighted by atomic mass is 10.00. The van der Waals surface area contributed by atoms with Gasteiger partial charge in [-0.3, -0.25) is 4.79 Å². The van der Waals surface area contributed by atoms with Crippen molar-refractivity contribution in [2.75, 3.05) is 5.73 Å². The number of halogens is 7. The van der Waals surface area contributed by atoms with Gasteiger partial charge in [-0.1, -0.05) is 0 Å². The molecule has 100 valence electrons. The predicted octanol–water partition coefficient (Wildman–Crippen LogP) is 3.69. The molecule has 18 heavy (non-hydrogen) atoms. The molecular weight excluding hydrogens is 288 g/mol. The molecule has 0 amide bonds. The van der Waals surface area contributed by atoms with Crippen LogP contribution in [0.4, 0.5) is 32.0 Å². The first-order valence-corrected chi connectivity index (χ1v) is 4.60. The van der Waals surface area contributed by atoms with Gasteiger partial charge in [0.2, 0.25) is 0 Å². The maximum absolute atomic E-state index is 12.5. The van der Waals surface area contributed by atoms with E-state index >= 15 is 0 Å². The SMILES string of the molecule is Nc1cc(C(F)(F)F)c(C(=O)Cl)c(C(F)(F)F)c1. The molecule has 0 unspecified atom stereocenters. The quantitative estimate of drug-likeness (QED) is 0.487. The van der Waals surface area contributed by atoms with Gasteiger partial charge in [-0.05, 0) is 23.7 Å². The highest BCUT2D eigenvalue weighted by Gasteiger charge is 2.43. The first kappa shape index (κ1) is 14.6. The van der Waals surface area contributed by atoms with Crippen molar-refractivity contribution in [3.05, 3.63) is 28.8 Å². The highest BCUT2D eigenvalue weighted by atomic mass is 35.5. The number of alkyl halides is 6. The number of rotatable bonds is 1. The molecular formula is C9H4ClF6NO. The molecule has 0 fully saturated rings. The van der Waals surface area contributed by atoms with Crippen LogP contribution in [0.5, 0.6) is 0 Å². The summed E-state index contributed by atoms with van der Waals surface area (Å²) in [5.74, 6) is 0. The highest BCUT2D eigenvalue weighted by molar-refractivity contribution is 6.68. The van der Waals surface area contributed by atoms with Crippen LogP contribution in [0.15, 0.2) is 12.1 Å². The van der Waals surface area contributed by atoms with Crippen LogP contribution in [-0.4, -0.2) is 5.24 Å². The number of hydrogen-bond donors (Lipinski definition) is 1. The van der Waals surface area contributed by atoms with Crippen LogP contribution >= 0.6 is 11.6 Å². The number of carbonyl (C=O) groups excluding carboxylic acids is 1. The highest BCUT2D eigenvalue weighted by Crippen LogP contribution is 2.41. The second-order valence-electron chi connectivity index (χ2n) is 3.26. The van der Waals surface area contributed by atoms with E-state index in [0.717, 1.165) is 0 Å². The smallest absolute Gasteiger partial charge is 0.399 e. The van der Waals surface area contributed by atoms with Crippen LogP contribution in [0.3, 0.4) is 0 Å². The van der Waals surface area contributed by atoms with Gasteiger partial charge in [0, 0.05) is 5.69 Å². The summed E-state index contributed by atoms with van der Waals surface area (Å²) in [5.41, 5.74) is -1.07. The van der Waals surface area contributed by atoms with E-state index in [1.54, 1.807) is 0 Å². The second-order valence-corrected chi connectivity index (χ2v) is 3.60. The minimum Gasteiger partial charge on any atom is -0.399 e. The van der Waals surface area contributed by atoms with Gasteiger partial charge in [0.05, 0.1) is 16.7 Å². The van der Waals surface area contributed by atoms with Crippen molar-refractivity contribution in [3.8, 4) is 0 Å².